The lowest BCUT2D eigenvalue weighted by molar-refractivity contribution is -0.137. The average Bonchev–Trinajstić information content (AvgIpc) is 3.10. The molecule has 1 aliphatic rings. The fourth-order valence-corrected chi connectivity index (χ4v) is 1.58. The smallest absolute Gasteiger partial charge is 0.357 e. The Kier molecular flexibility index (Phi) is 2.86. The number of nitrogen functional groups attached to an aromatic ring is 1. The van der Waals surface area contributed by atoms with E-state index in [0.717, 1.165) is 25.0 Å². The van der Waals surface area contributed by atoms with Crippen molar-refractivity contribution in [2.45, 2.75) is 25.1 Å². The van der Waals surface area contributed by atoms with E-state index in [-0.39, 0.29) is 17.7 Å². The Balaban J connectivity index is 2.37. The van der Waals surface area contributed by atoms with Gasteiger partial charge in [-0.05, 0) is 25.0 Å². The summed E-state index contributed by atoms with van der Waals surface area (Å²) in [5, 5.41) is 0. The van der Waals surface area contributed by atoms with E-state index < -0.39 is 11.7 Å². The summed E-state index contributed by atoms with van der Waals surface area (Å²) in [4.78, 5) is 5.76. The number of alkyl halides is 3. The number of pyridine rings is 1. The van der Waals surface area contributed by atoms with E-state index in [1.807, 2.05) is 0 Å². The first-order valence-corrected chi connectivity index (χ1v) is 5.20. The van der Waals surface area contributed by atoms with E-state index in [1.54, 1.807) is 11.9 Å². The standard InChI is InChI=1S/C10H13F3N4/c1-17(7-2-3-7)9-5-6(10(11,12)13)4-8(15-9)16-14/h4-5,7H,2-3,14H2,1H3,(H,15,16). The van der Waals surface area contributed by atoms with Gasteiger partial charge in [-0.2, -0.15) is 13.2 Å². The lowest BCUT2D eigenvalue weighted by Gasteiger charge is -2.19. The predicted molar refractivity (Wildman–Crippen MR) is 58.5 cm³/mol. The van der Waals surface area contributed by atoms with Crippen LogP contribution in [0.2, 0.25) is 0 Å². The largest absolute Gasteiger partial charge is 0.416 e. The van der Waals surface area contributed by atoms with E-state index in [4.69, 9.17) is 5.84 Å². The molecule has 0 aromatic carbocycles. The Morgan fingerprint density at radius 3 is 2.53 bits per heavy atom. The zero-order valence-corrected chi connectivity index (χ0v) is 9.25. The third-order valence-electron chi connectivity index (χ3n) is 2.74. The summed E-state index contributed by atoms with van der Waals surface area (Å²) >= 11 is 0. The molecule has 0 radical (unpaired) electrons. The van der Waals surface area contributed by atoms with Crippen molar-refractivity contribution in [3.05, 3.63) is 17.7 Å². The number of halogens is 3. The maximum absolute atomic E-state index is 12.6. The highest BCUT2D eigenvalue weighted by Gasteiger charge is 2.33. The molecule has 7 heteroatoms. The Morgan fingerprint density at radius 1 is 1.41 bits per heavy atom. The summed E-state index contributed by atoms with van der Waals surface area (Å²) in [6.45, 7) is 0. The predicted octanol–water partition coefficient (Wildman–Crippen LogP) is 1.98. The lowest BCUT2D eigenvalue weighted by Crippen LogP contribution is -2.22. The SMILES string of the molecule is CN(c1cc(C(F)(F)F)cc(NN)n1)C1CC1. The molecule has 0 atom stereocenters. The molecule has 0 bridgehead atoms. The highest BCUT2D eigenvalue weighted by molar-refractivity contribution is 5.51. The van der Waals surface area contributed by atoms with Crippen LogP contribution in [0.15, 0.2) is 12.1 Å². The van der Waals surface area contributed by atoms with Crippen LogP contribution in [-0.2, 0) is 6.18 Å². The molecule has 0 amide bonds. The normalized spacial score (nSPS) is 15.8. The summed E-state index contributed by atoms with van der Waals surface area (Å²) in [6.07, 6.45) is -2.42. The van der Waals surface area contributed by atoms with E-state index in [0.29, 0.717) is 0 Å². The zero-order chi connectivity index (χ0) is 12.6. The molecule has 0 aliphatic heterocycles. The van der Waals surface area contributed by atoms with Crippen LogP contribution in [0.25, 0.3) is 0 Å². The second kappa shape index (κ2) is 4.06. The molecule has 0 saturated heterocycles. The molecule has 0 unspecified atom stereocenters. The van der Waals surface area contributed by atoms with Crippen LogP contribution in [0.4, 0.5) is 24.8 Å². The first-order valence-electron chi connectivity index (χ1n) is 5.20. The minimum atomic E-state index is -4.40. The van der Waals surface area contributed by atoms with Crippen LogP contribution >= 0.6 is 0 Å². The Hall–Kier alpha value is -1.50. The molecule has 1 aromatic heterocycles. The van der Waals surface area contributed by atoms with Crippen LogP contribution in [-0.4, -0.2) is 18.1 Å². The minimum absolute atomic E-state index is 0.0160. The number of hydrogen-bond acceptors (Lipinski definition) is 4. The van der Waals surface area contributed by atoms with Crippen LogP contribution < -0.4 is 16.2 Å². The van der Waals surface area contributed by atoms with Gasteiger partial charge in [0.2, 0.25) is 0 Å². The van der Waals surface area contributed by atoms with Gasteiger partial charge in [-0.3, -0.25) is 0 Å². The first kappa shape index (κ1) is 12.0. The second-order valence-corrected chi connectivity index (χ2v) is 4.08. The van der Waals surface area contributed by atoms with Crippen molar-refractivity contribution in [3.8, 4) is 0 Å². The van der Waals surface area contributed by atoms with Crippen molar-refractivity contribution >= 4 is 11.6 Å². The Morgan fingerprint density at radius 2 is 2.06 bits per heavy atom. The van der Waals surface area contributed by atoms with Gasteiger partial charge < -0.3 is 10.3 Å². The molecule has 1 aromatic rings. The number of aromatic nitrogens is 1. The van der Waals surface area contributed by atoms with E-state index >= 15 is 0 Å². The number of hydrazine groups is 1. The number of anilines is 2. The van der Waals surface area contributed by atoms with Gasteiger partial charge in [-0.15, -0.1) is 0 Å². The summed E-state index contributed by atoms with van der Waals surface area (Å²) in [5.41, 5.74) is 1.41. The number of nitrogens with zero attached hydrogens (tertiary/aromatic N) is 2. The van der Waals surface area contributed by atoms with Crippen molar-refractivity contribution in [1.82, 2.24) is 4.98 Å². The van der Waals surface area contributed by atoms with E-state index in [9.17, 15) is 13.2 Å². The zero-order valence-electron chi connectivity index (χ0n) is 9.25. The summed E-state index contributed by atoms with van der Waals surface area (Å²) in [6, 6.07) is 2.22. The van der Waals surface area contributed by atoms with Crippen LogP contribution in [0, 0.1) is 0 Å². The van der Waals surface area contributed by atoms with Crippen molar-refractivity contribution in [2.24, 2.45) is 5.84 Å². The third-order valence-corrected chi connectivity index (χ3v) is 2.74. The Bertz CT molecular complexity index is 415. The van der Waals surface area contributed by atoms with Gasteiger partial charge in [0, 0.05) is 13.1 Å². The summed E-state index contributed by atoms with van der Waals surface area (Å²) in [5.74, 6) is 5.43. The molecule has 1 saturated carbocycles. The minimum Gasteiger partial charge on any atom is -0.357 e. The van der Waals surface area contributed by atoms with Gasteiger partial charge in [-0.1, -0.05) is 0 Å². The first-order chi connectivity index (χ1) is 7.91. The summed E-state index contributed by atoms with van der Waals surface area (Å²) < 4.78 is 37.9. The fourth-order valence-electron chi connectivity index (χ4n) is 1.58. The van der Waals surface area contributed by atoms with Gasteiger partial charge in [0.25, 0.3) is 0 Å². The van der Waals surface area contributed by atoms with Gasteiger partial charge in [0.15, 0.2) is 0 Å². The van der Waals surface area contributed by atoms with Crippen molar-refractivity contribution < 1.29 is 13.2 Å². The monoisotopic (exact) mass is 246 g/mol. The molecule has 3 N–H and O–H groups in total. The lowest BCUT2D eigenvalue weighted by atomic mass is 10.2. The van der Waals surface area contributed by atoms with Crippen LogP contribution in [0.1, 0.15) is 18.4 Å². The maximum atomic E-state index is 12.6. The highest BCUT2D eigenvalue weighted by atomic mass is 19.4. The van der Waals surface area contributed by atoms with E-state index in [1.165, 1.54) is 0 Å². The van der Waals surface area contributed by atoms with Crippen molar-refractivity contribution in [3.63, 3.8) is 0 Å². The average molecular weight is 246 g/mol. The molecular weight excluding hydrogens is 233 g/mol. The fraction of sp³-hybridized carbons (Fsp3) is 0.500. The molecule has 1 heterocycles. The van der Waals surface area contributed by atoms with Gasteiger partial charge in [0.05, 0.1) is 5.56 Å². The van der Waals surface area contributed by atoms with Crippen LogP contribution in [0.3, 0.4) is 0 Å². The molecule has 17 heavy (non-hydrogen) atoms. The van der Waals surface area contributed by atoms with Crippen LogP contribution in [0.5, 0.6) is 0 Å². The topological polar surface area (TPSA) is 54.2 Å². The molecule has 2 rings (SSSR count). The molecule has 94 valence electrons. The van der Waals surface area contributed by atoms with Gasteiger partial charge in [0.1, 0.15) is 11.6 Å². The van der Waals surface area contributed by atoms with Gasteiger partial charge >= 0.3 is 6.18 Å². The van der Waals surface area contributed by atoms with Gasteiger partial charge in [-0.25, -0.2) is 10.8 Å². The molecular formula is C10H13F3N4. The van der Waals surface area contributed by atoms with Crippen molar-refractivity contribution in [1.29, 1.82) is 0 Å². The molecule has 4 nitrogen and oxygen atoms in total. The number of nitrogens with one attached hydrogen (secondary N) is 1. The molecule has 0 spiro atoms. The second-order valence-electron chi connectivity index (χ2n) is 4.08. The number of rotatable bonds is 3. The van der Waals surface area contributed by atoms with Crippen molar-refractivity contribution in [2.75, 3.05) is 17.4 Å². The number of hydrogen-bond donors (Lipinski definition) is 2. The summed E-state index contributed by atoms with van der Waals surface area (Å²) in [7, 11) is 1.74. The molecule has 1 fully saturated rings. The Labute approximate surface area is 96.6 Å². The van der Waals surface area contributed by atoms with E-state index in [2.05, 4.69) is 10.4 Å². The highest BCUT2D eigenvalue weighted by Crippen LogP contribution is 2.35. The number of nitrogens with two attached hydrogens (primary N) is 1. The maximum Gasteiger partial charge on any atom is 0.416 e. The quantitative estimate of drug-likeness (QED) is 0.632. The third kappa shape index (κ3) is 2.60. The molecule has 1 aliphatic carbocycles.